The van der Waals surface area contributed by atoms with E-state index in [-0.39, 0.29) is 11.6 Å². The number of benzene rings is 1. The second kappa shape index (κ2) is 4.96. The molecule has 1 heterocycles. The van der Waals surface area contributed by atoms with E-state index in [9.17, 15) is 0 Å². The van der Waals surface area contributed by atoms with Crippen molar-refractivity contribution >= 4 is 15.9 Å². The number of hydrogen-bond donors (Lipinski definition) is 1. The van der Waals surface area contributed by atoms with Gasteiger partial charge in [-0.15, -0.1) is 0 Å². The molecule has 2 atom stereocenters. The van der Waals surface area contributed by atoms with Crippen LogP contribution in [0.1, 0.15) is 31.9 Å². The molecule has 1 aliphatic rings. The highest BCUT2D eigenvalue weighted by Gasteiger charge is 2.36. The van der Waals surface area contributed by atoms with Gasteiger partial charge in [0, 0.05) is 29.1 Å². The largest absolute Gasteiger partial charge is 0.485 e. The third-order valence-corrected chi connectivity index (χ3v) is 3.49. The molecule has 0 aliphatic carbocycles. The van der Waals surface area contributed by atoms with Crippen molar-refractivity contribution in [2.75, 3.05) is 13.2 Å². The number of fused-ring (bicyclic) bond motifs is 1. The van der Waals surface area contributed by atoms with Crippen LogP contribution in [-0.2, 0) is 4.74 Å². The quantitative estimate of drug-likeness (QED) is 0.933. The highest BCUT2D eigenvalue weighted by atomic mass is 79.9. The Morgan fingerprint density at radius 2 is 2.35 bits per heavy atom. The van der Waals surface area contributed by atoms with Crippen LogP contribution in [0.5, 0.6) is 5.75 Å². The normalized spacial score (nSPS) is 27.4. The molecule has 0 amide bonds. The van der Waals surface area contributed by atoms with Gasteiger partial charge in [-0.05, 0) is 26.0 Å². The molecule has 0 aromatic heterocycles. The maximum absolute atomic E-state index is 6.19. The van der Waals surface area contributed by atoms with Crippen molar-refractivity contribution in [1.82, 2.24) is 0 Å². The average Bonchev–Trinajstić information content (AvgIpc) is 2.25. The Labute approximate surface area is 110 Å². The maximum atomic E-state index is 6.19. The van der Waals surface area contributed by atoms with Gasteiger partial charge in [0.15, 0.2) is 0 Å². The molecule has 1 aliphatic heterocycles. The molecule has 17 heavy (non-hydrogen) atoms. The molecule has 1 aromatic carbocycles. The first-order chi connectivity index (χ1) is 8.04. The van der Waals surface area contributed by atoms with E-state index in [1.807, 2.05) is 32.0 Å². The lowest BCUT2D eigenvalue weighted by molar-refractivity contribution is -0.0302. The lowest BCUT2D eigenvalue weighted by Gasteiger charge is -2.38. The molecule has 1 aromatic rings. The Kier molecular flexibility index (Phi) is 3.76. The molecule has 4 heteroatoms. The van der Waals surface area contributed by atoms with Crippen molar-refractivity contribution < 1.29 is 9.47 Å². The summed E-state index contributed by atoms with van der Waals surface area (Å²) in [6.07, 6.45) is 0.779. The average molecular weight is 300 g/mol. The molecule has 0 saturated heterocycles. The van der Waals surface area contributed by atoms with Crippen molar-refractivity contribution in [2.24, 2.45) is 5.73 Å². The predicted octanol–water partition coefficient (Wildman–Crippen LogP) is 3.03. The highest BCUT2D eigenvalue weighted by molar-refractivity contribution is 9.10. The van der Waals surface area contributed by atoms with E-state index in [4.69, 9.17) is 15.2 Å². The minimum Gasteiger partial charge on any atom is -0.485 e. The summed E-state index contributed by atoms with van der Waals surface area (Å²) in [5.41, 5.74) is 6.93. The van der Waals surface area contributed by atoms with E-state index < -0.39 is 0 Å². The van der Waals surface area contributed by atoms with Gasteiger partial charge in [0.2, 0.25) is 0 Å². The Morgan fingerprint density at radius 3 is 3.06 bits per heavy atom. The highest BCUT2D eigenvalue weighted by Crippen LogP contribution is 2.39. The summed E-state index contributed by atoms with van der Waals surface area (Å²) in [5.74, 6) is 0.861. The van der Waals surface area contributed by atoms with E-state index in [2.05, 4.69) is 15.9 Å². The predicted molar refractivity (Wildman–Crippen MR) is 71.2 cm³/mol. The molecular formula is C13H18BrNO2. The minimum absolute atomic E-state index is 0.0114. The summed E-state index contributed by atoms with van der Waals surface area (Å²) in [6.45, 7) is 5.30. The smallest absolute Gasteiger partial charge is 0.131 e. The fraction of sp³-hybridized carbons (Fsp3) is 0.538. The monoisotopic (exact) mass is 299 g/mol. The number of halogens is 1. The topological polar surface area (TPSA) is 44.5 Å². The van der Waals surface area contributed by atoms with Gasteiger partial charge in [-0.25, -0.2) is 0 Å². The first kappa shape index (κ1) is 12.9. The number of rotatable bonds is 3. The standard InChI is InChI=1S/C13H18BrNO2/c1-3-16-8-13(2)7-11(15)10-5-4-9(14)6-12(10)17-13/h4-6,11H,3,7-8,15H2,1-2H3. The number of nitrogens with two attached hydrogens (primary N) is 1. The zero-order chi connectivity index (χ0) is 12.5. The molecule has 2 N–H and O–H groups in total. The van der Waals surface area contributed by atoms with Crippen LogP contribution in [-0.4, -0.2) is 18.8 Å². The van der Waals surface area contributed by atoms with Crippen LogP contribution >= 0.6 is 15.9 Å². The Bertz CT molecular complexity index is 410. The summed E-state index contributed by atoms with van der Waals surface area (Å²) in [7, 11) is 0. The maximum Gasteiger partial charge on any atom is 0.131 e. The summed E-state index contributed by atoms with van der Waals surface area (Å²) in [6, 6.07) is 5.99. The van der Waals surface area contributed by atoms with E-state index in [1.54, 1.807) is 0 Å². The van der Waals surface area contributed by atoms with Crippen LogP contribution in [0.25, 0.3) is 0 Å². The van der Waals surface area contributed by atoms with Crippen molar-refractivity contribution in [3.63, 3.8) is 0 Å². The van der Waals surface area contributed by atoms with Crippen LogP contribution in [0.4, 0.5) is 0 Å². The Morgan fingerprint density at radius 1 is 1.59 bits per heavy atom. The lowest BCUT2D eigenvalue weighted by atomic mass is 9.89. The summed E-state index contributed by atoms with van der Waals surface area (Å²) < 4.78 is 12.5. The molecule has 0 radical (unpaired) electrons. The number of hydrogen-bond acceptors (Lipinski definition) is 3. The zero-order valence-corrected chi connectivity index (χ0v) is 11.8. The third-order valence-electron chi connectivity index (χ3n) is 2.99. The van der Waals surface area contributed by atoms with Gasteiger partial charge in [0.05, 0.1) is 6.61 Å². The Hall–Kier alpha value is -0.580. The first-order valence-electron chi connectivity index (χ1n) is 5.86. The van der Waals surface area contributed by atoms with Crippen molar-refractivity contribution in [3.8, 4) is 5.75 Å². The fourth-order valence-corrected chi connectivity index (χ4v) is 2.53. The minimum atomic E-state index is -0.330. The van der Waals surface area contributed by atoms with Crippen LogP contribution in [0.15, 0.2) is 22.7 Å². The molecule has 2 rings (SSSR count). The molecule has 0 fully saturated rings. The van der Waals surface area contributed by atoms with Gasteiger partial charge >= 0.3 is 0 Å². The van der Waals surface area contributed by atoms with Gasteiger partial charge in [-0.3, -0.25) is 0 Å². The number of ether oxygens (including phenoxy) is 2. The van der Waals surface area contributed by atoms with Gasteiger partial charge < -0.3 is 15.2 Å². The lowest BCUT2D eigenvalue weighted by Crippen LogP contribution is -2.44. The summed E-state index contributed by atoms with van der Waals surface area (Å²) in [5, 5.41) is 0. The van der Waals surface area contributed by atoms with Crippen molar-refractivity contribution in [2.45, 2.75) is 31.9 Å². The van der Waals surface area contributed by atoms with Crippen LogP contribution in [0, 0.1) is 0 Å². The summed E-state index contributed by atoms with van der Waals surface area (Å²) in [4.78, 5) is 0. The molecule has 3 nitrogen and oxygen atoms in total. The van der Waals surface area contributed by atoms with Gasteiger partial charge in [-0.2, -0.15) is 0 Å². The molecule has 2 unspecified atom stereocenters. The molecular weight excluding hydrogens is 282 g/mol. The fourth-order valence-electron chi connectivity index (χ4n) is 2.19. The van der Waals surface area contributed by atoms with Gasteiger partial charge in [0.25, 0.3) is 0 Å². The molecule has 0 saturated carbocycles. The van der Waals surface area contributed by atoms with Crippen molar-refractivity contribution in [3.05, 3.63) is 28.2 Å². The second-order valence-corrected chi connectivity index (χ2v) is 5.60. The third kappa shape index (κ3) is 2.81. The Balaban J connectivity index is 2.25. The van der Waals surface area contributed by atoms with E-state index in [1.165, 1.54) is 0 Å². The second-order valence-electron chi connectivity index (χ2n) is 4.68. The molecule has 0 spiro atoms. The first-order valence-corrected chi connectivity index (χ1v) is 6.65. The zero-order valence-electron chi connectivity index (χ0n) is 10.2. The van der Waals surface area contributed by atoms with Gasteiger partial charge in [-0.1, -0.05) is 22.0 Å². The van der Waals surface area contributed by atoms with Gasteiger partial charge in [0.1, 0.15) is 11.4 Å². The van der Waals surface area contributed by atoms with Crippen LogP contribution < -0.4 is 10.5 Å². The van der Waals surface area contributed by atoms with E-state index in [0.29, 0.717) is 13.2 Å². The molecule has 0 bridgehead atoms. The van der Waals surface area contributed by atoms with Crippen molar-refractivity contribution in [1.29, 1.82) is 0 Å². The van der Waals surface area contributed by atoms with Crippen LogP contribution in [0.3, 0.4) is 0 Å². The van der Waals surface area contributed by atoms with E-state index in [0.717, 1.165) is 22.2 Å². The SMILES string of the molecule is CCOCC1(C)CC(N)c2ccc(Br)cc2O1. The van der Waals surface area contributed by atoms with E-state index >= 15 is 0 Å². The van der Waals surface area contributed by atoms with Crippen LogP contribution in [0.2, 0.25) is 0 Å². The summed E-state index contributed by atoms with van der Waals surface area (Å²) >= 11 is 3.45. The molecule has 94 valence electrons.